The molecule has 0 saturated carbocycles. The second-order valence-electron chi connectivity index (χ2n) is 5.87. The zero-order valence-corrected chi connectivity index (χ0v) is 15.6. The van der Waals surface area contributed by atoms with E-state index in [0.717, 1.165) is 11.1 Å². The van der Waals surface area contributed by atoms with Crippen LogP contribution in [0.2, 0.25) is 10.0 Å². The zero-order valence-electron chi connectivity index (χ0n) is 14.1. The van der Waals surface area contributed by atoms with E-state index < -0.39 is 12.0 Å². The zero-order chi connectivity index (χ0) is 18.7. The van der Waals surface area contributed by atoms with Crippen LogP contribution in [0.1, 0.15) is 11.1 Å². The Kier molecular flexibility index (Phi) is 5.69. The SMILES string of the molecule is COC(=O)[C@H]1Cc2ccccc2CN1C(=O)COc1c(Cl)cccc1Cl. The molecule has 0 spiro atoms. The molecule has 0 unspecified atom stereocenters. The Morgan fingerprint density at radius 3 is 2.38 bits per heavy atom. The van der Waals surface area contributed by atoms with E-state index in [0.29, 0.717) is 23.0 Å². The molecule has 1 amide bonds. The number of hydrogen-bond donors (Lipinski definition) is 0. The van der Waals surface area contributed by atoms with E-state index in [1.54, 1.807) is 18.2 Å². The fourth-order valence-electron chi connectivity index (χ4n) is 2.97. The molecule has 1 aliphatic rings. The summed E-state index contributed by atoms with van der Waals surface area (Å²) in [6, 6.07) is 12.0. The predicted molar refractivity (Wildman–Crippen MR) is 98.5 cm³/mol. The molecule has 0 aromatic heterocycles. The molecule has 0 bridgehead atoms. The highest BCUT2D eigenvalue weighted by molar-refractivity contribution is 6.37. The molecule has 0 saturated heterocycles. The smallest absolute Gasteiger partial charge is 0.328 e. The number of carbonyl (C=O) groups excluding carboxylic acids is 2. The first-order chi connectivity index (χ1) is 12.5. The summed E-state index contributed by atoms with van der Waals surface area (Å²) in [6.45, 7) is 0.0352. The highest BCUT2D eigenvalue weighted by atomic mass is 35.5. The summed E-state index contributed by atoms with van der Waals surface area (Å²) in [5.41, 5.74) is 2.03. The van der Waals surface area contributed by atoms with Crippen molar-refractivity contribution in [2.24, 2.45) is 0 Å². The van der Waals surface area contributed by atoms with Gasteiger partial charge in [-0.05, 0) is 23.3 Å². The van der Waals surface area contributed by atoms with Crippen LogP contribution in [0.3, 0.4) is 0 Å². The lowest BCUT2D eigenvalue weighted by Gasteiger charge is -2.35. The highest BCUT2D eigenvalue weighted by Crippen LogP contribution is 2.32. The van der Waals surface area contributed by atoms with Gasteiger partial charge in [0, 0.05) is 13.0 Å². The molecule has 2 aromatic carbocycles. The van der Waals surface area contributed by atoms with Gasteiger partial charge in [-0.1, -0.05) is 53.5 Å². The van der Waals surface area contributed by atoms with Crippen molar-refractivity contribution in [3.05, 3.63) is 63.6 Å². The fourth-order valence-corrected chi connectivity index (χ4v) is 3.48. The van der Waals surface area contributed by atoms with Crippen LogP contribution >= 0.6 is 23.2 Å². The normalized spacial score (nSPS) is 16.0. The van der Waals surface area contributed by atoms with Crippen molar-refractivity contribution in [1.29, 1.82) is 0 Å². The van der Waals surface area contributed by atoms with E-state index in [2.05, 4.69) is 0 Å². The summed E-state index contributed by atoms with van der Waals surface area (Å²) in [5, 5.41) is 0.637. The monoisotopic (exact) mass is 393 g/mol. The molecule has 26 heavy (non-hydrogen) atoms. The quantitative estimate of drug-likeness (QED) is 0.745. The molecule has 7 heteroatoms. The summed E-state index contributed by atoms with van der Waals surface area (Å²) in [5.74, 6) is -0.550. The number of amides is 1. The highest BCUT2D eigenvalue weighted by Gasteiger charge is 2.35. The Morgan fingerprint density at radius 2 is 1.73 bits per heavy atom. The van der Waals surface area contributed by atoms with E-state index in [-0.39, 0.29) is 18.3 Å². The first-order valence-corrected chi connectivity index (χ1v) is 8.77. The Hall–Kier alpha value is -2.24. The van der Waals surface area contributed by atoms with Crippen LogP contribution in [0.15, 0.2) is 42.5 Å². The summed E-state index contributed by atoms with van der Waals surface area (Å²) in [4.78, 5) is 26.4. The van der Waals surface area contributed by atoms with Crippen LogP contribution in [-0.4, -0.2) is 36.5 Å². The standard InChI is InChI=1S/C19H17Cl2NO4/c1-25-19(24)16-9-12-5-2-3-6-13(12)10-22(16)17(23)11-26-18-14(20)7-4-8-15(18)21/h2-8,16H,9-11H2,1H3/t16-/m1/s1. The number of rotatable bonds is 4. The second-order valence-corrected chi connectivity index (χ2v) is 6.69. The first kappa shape index (κ1) is 18.5. The molecule has 3 rings (SSSR count). The molecular weight excluding hydrogens is 377 g/mol. The van der Waals surface area contributed by atoms with Gasteiger partial charge in [0.2, 0.25) is 0 Å². The maximum atomic E-state index is 12.7. The van der Waals surface area contributed by atoms with Crippen LogP contribution < -0.4 is 4.74 Å². The summed E-state index contributed by atoms with van der Waals surface area (Å²) in [7, 11) is 1.31. The molecular formula is C19H17Cl2NO4. The average Bonchev–Trinajstić information content (AvgIpc) is 2.65. The summed E-state index contributed by atoms with van der Waals surface area (Å²) in [6.07, 6.45) is 0.404. The van der Waals surface area contributed by atoms with Crippen LogP contribution in [-0.2, 0) is 27.3 Å². The molecule has 0 fully saturated rings. The largest absolute Gasteiger partial charge is 0.481 e. The van der Waals surface area contributed by atoms with Gasteiger partial charge in [-0.15, -0.1) is 0 Å². The van der Waals surface area contributed by atoms with Crippen molar-refractivity contribution in [3.63, 3.8) is 0 Å². The van der Waals surface area contributed by atoms with Gasteiger partial charge in [0.25, 0.3) is 5.91 Å². The molecule has 1 heterocycles. The van der Waals surface area contributed by atoms with E-state index in [1.165, 1.54) is 12.0 Å². The Labute approximate surface area is 161 Å². The number of para-hydroxylation sites is 1. The molecule has 5 nitrogen and oxygen atoms in total. The van der Waals surface area contributed by atoms with E-state index >= 15 is 0 Å². The van der Waals surface area contributed by atoms with E-state index in [9.17, 15) is 9.59 Å². The van der Waals surface area contributed by atoms with Gasteiger partial charge in [-0.2, -0.15) is 0 Å². The average molecular weight is 394 g/mol. The van der Waals surface area contributed by atoms with Gasteiger partial charge in [-0.3, -0.25) is 4.79 Å². The van der Waals surface area contributed by atoms with Crippen molar-refractivity contribution in [3.8, 4) is 5.75 Å². The molecule has 1 atom stereocenters. The molecule has 0 radical (unpaired) electrons. The number of methoxy groups -OCH3 is 1. The minimum absolute atomic E-state index is 0.246. The Bertz CT molecular complexity index is 820. The lowest BCUT2D eigenvalue weighted by molar-refractivity contribution is -0.154. The van der Waals surface area contributed by atoms with Crippen LogP contribution in [0.25, 0.3) is 0 Å². The number of nitrogens with zero attached hydrogens (tertiary/aromatic N) is 1. The Morgan fingerprint density at radius 1 is 1.08 bits per heavy atom. The van der Waals surface area contributed by atoms with Gasteiger partial charge in [0.15, 0.2) is 12.4 Å². The van der Waals surface area contributed by atoms with Gasteiger partial charge in [0.05, 0.1) is 17.2 Å². The number of benzene rings is 2. The summed E-state index contributed by atoms with van der Waals surface area (Å²) < 4.78 is 10.4. The number of fused-ring (bicyclic) bond motifs is 1. The maximum absolute atomic E-state index is 12.7. The van der Waals surface area contributed by atoms with Crippen molar-refractivity contribution in [2.75, 3.05) is 13.7 Å². The molecule has 0 N–H and O–H groups in total. The number of hydrogen-bond acceptors (Lipinski definition) is 4. The second kappa shape index (κ2) is 7.98. The van der Waals surface area contributed by atoms with Crippen molar-refractivity contribution in [1.82, 2.24) is 4.90 Å². The van der Waals surface area contributed by atoms with Crippen molar-refractivity contribution < 1.29 is 19.1 Å². The lowest BCUT2D eigenvalue weighted by atomic mass is 9.94. The minimum atomic E-state index is -0.687. The topological polar surface area (TPSA) is 55.8 Å². The minimum Gasteiger partial charge on any atom is -0.481 e. The summed E-state index contributed by atoms with van der Waals surface area (Å²) >= 11 is 12.1. The van der Waals surface area contributed by atoms with Gasteiger partial charge >= 0.3 is 5.97 Å². The molecule has 136 valence electrons. The third-order valence-electron chi connectivity index (χ3n) is 4.30. The lowest BCUT2D eigenvalue weighted by Crippen LogP contribution is -2.50. The first-order valence-electron chi connectivity index (χ1n) is 8.02. The third kappa shape index (κ3) is 3.79. The predicted octanol–water partition coefficient (Wildman–Crippen LogP) is 3.50. The van der Waals surface area contributed by atoms with Gasteiger partial charge in [0.1, 0.15) is 6.04 Å². The molecule has 1 aliphatic heterocycles. The van der Waals surface area contributed by atoms with Gasteiger partial charge < -0.3 is 14.4 Å². The molecule has 0 aliphatic carbocycles. The van der Waals surface area contributed by atoms with E-state index in [4.69, 9.17) is 32.7 Å². The van der Waals surface area contributed by atoms with Crippen LogP contribution in [0, 0.1) is 0 Å². The van der Waals surface area contributed by atoms with Crippen LogP contribution in [0.5, 0.6) is 5.75 Å². The number of halogens is 2. The maximum Gasteiger partial charge on any atom is 0.328 e. The van der Waals surface area contributed by atoms with Crippen molar-refractivity contribution >= 4 is 35.1 Å². The third-order valence-corrected chi connectivity index (χ3v) is 4.90. The van der Waals surface area contributed by atoms with Gasteiger partial charge in [-0.25, -0.2) is 4.79 Å². The fraction of sp³-hybridized carbons (Fsp3) is 0.263. The number of esters is 1. The number of carbonyl (C=O) groups is 2. The Balaban J connectivity index is 1.79. The van der Waals surface area contributed by atoms with Crippen molar-refractivity contribution in [2.45, 2.75) is 19.0 Å². The van der Waals surface area contributed by atoms with Crippen LogP contribution in [0.4, 0.5) is 0 Å². The van der Waals surface area contributed by atoms with E-state index in [1.807, 2.05) is 24.3 Å². The molecule has 2 aromatic rings. The number of ether oxygens (including phenoxy) is 2.